The minimum Gasteiger partial charge on any atom is -0.373 e. The Hall–Kier alpha value is -0.800. The lowest BCUT2D eigenvalue weighted by Gasteiger charge is -2.35. The maximum absolute atomic E-state index is 12.5. The molecule has 2 rings (SSSR count). The third-order valence-electron chi connectivity index (χ3n) is 3.76. The highest BCUT2D eigenvalue weighted by Gasteiger charge is 2.31. The highest BCUT2D eigenvalue weighted by Crippen LogP contribution is 2.19. The molecule has 0 bridgehead atoms. The summed E-state index contributed by atoms with van der Waals surface area (Å²) in [5, 5.41) is 0. The van der Waals surface area contributed by atoms with Crippen LogP contribution in [-0.2, 0) is 25.7 Å². The van der Waals surface area contributed by atoms with Crippen molar-refractivity contribution in [2.45, 2.75) is 43.9 Å². The summed E-state index contributed by atoms with van der Waals surface area (Å²) in [5.41, 5.74) is 0.831. The van der Waals surface area contributed by atoms with Gasteiger partial charge in [-0.1, -0.05) is 12.1 Å². The van der Waals surface area contributed by atoms with E-state index in [4.69, 9.17) is 4.74 Å². The summed E-state index contributed by atoms with van der Waals surface area (Å²) in [6.07, 6.45) is 1.37. The van der Waals surface area contributed by atoms with Gasteiger partial charge >= 0.3 is 0 Å². The van der Waals surface area contributed by atoms with Crippen LogP contribution >= 0.6 is 0 Å². The Kier molecular flexibility index (Phi) is 5.96. The first kappa shape index (κ1) is 18.5. The Balaban J connectivity index is 2.08. The highest BCUT2D eigenvalue weighted by atomic mass is 32.2. The monoisotopic (exact) mass is 360 g/mol. The maximum atomic E-state index is 12.5. The summed E-state index contributed by atoms with van der Waals surface area (Å²) in [5.74, 6) is 0. The van der Waals surface area contributed by atoms with E-state index in [9.17, 15) is 12.6 Å². The molecule has 1 N–H and O–H groups in total. The minimum absolute atomic E-state index is 0.121. The molecule has 1 aromatic rings. The zero-order valence-corrected chi connectivity index (χ0v) is 15.5. The number of hydrogen-bond donors (Lipinski definition) is 1. The standard InChI is InChI=1S/C15H24N2O4S2/c1-11-9-17(10-12(2)21-11)23(19,20)16-13(3)14-5-7-15(8-6-14)22(4)18/h5-8,11-13,16H,9-10H2,1-4H3. The van der Waals surface area contributed by atoms with Crippen LogP contribution in [0.15, 0.2) is 29.2 Å². The molecule has 1 aliphatic heterocycles. The molecule has 0 saturated carbocycles. The Morgan fingerprint density at radius 3 is 2.22 bits per heavy atom. The van der Waals surface area contributed by atoms with Crippen LogP contribution in [0.1, 0.15) is 32.4 Å². The molecule has 4 atom stereocenters. The Morgan fingerprint density at radius 1 is 1.22 bits per heavy atom. The Bertz CT molecular complexity index is 651. The van der Waals surface area contributed by atoms with E-state index in [1.807, 2.05) is 13.8 Å². The number of nitrogens with zero attached hydrogens (tertiary/aromatic N) is 1. The van der Waals surface area contributed by atoms with E-state index in [1.54, 1.807) is 37.4 Å². The first-order valence-corrected chi connectivity index (χ1v) is 10.5. The molecule has 0 aromatic heterocycles. The van der Waals surface area contributed by atoms with Crippen molar-refractivity contribution >= 4 is 21.0 Å². The van der Waals surface area contributed by atoms with Gasteiger partial charge in [0.1, 0.15) is 0 Å². The molecule has 1 saturated heterocycles. The second kappa shape index (κ2) is 7.40. The molecule has 0 spiro atoms. The molecular weight excluding hydrogens is 336 g/mol. The van der Waals surface area contributed by atoms with Crippen molar-refractivity contribution in [3.8, 4) is 0 Å². The minimum atomic E-state index is -3.58. The van der Waals surface area contributed by atoms with E-state index in [0.717, 1.165) is 10.5 Å². The van der Waals surface area contributed by atoms with Gasteiger partial charge in [0.25, 0.3) is 10.2 Å². The van der Waals surface area contributed by atoms with Gasteiger partial charge in [-0.15, -0.1) is 0 Å². The SMILES string of the molecule is CC1CN(S(=O)(=O)NC(C)c2ccc(S(C)=O)cc2)CC(C)O1. The molecule has 1 fully saturated rings. The Morgan fingerprint density at radius 2 is 1.74 bits per heavy atom. The fourth-order valence-corrected chi connectivity index (χ4v) is 4.70. The van der Waals surface area contributed by atoms with E-state index in [0.29, 0.717) is 13.1 Å². The lowest BCUT2D eigenvalue weighted by Crippen LogP contribution is -2.52. The predicted octanol–water partition coefficient (Wildman–Crippen LogP) is 1.43. The third kappa shape index (κ3) is 4.84. The lowest BCUT2D eigenvalue weighted by atomic mass is 10.1. The van der Waals surface area contributed by atoms with Crippen molar-refractivity contribution in [1.82, 2.24) is 9.03 Å². The molecule has 0 aliphatic carbocycles. The van der Waals surface area contributed by atoms with Crippen LogP contribution in [0.25, 0.3) is 0 Å². The quantitative estimate of drug-likeness (QED) is 0.862. The predicted molar refractivity (Wildman–Crippen MR) is 90.8 cm³/mol. The van der Waals surface area contributed by atoms with Gasteiger partial charge in [-0.2, -0.15) is 17.4 Å². The number of rotatable bonds is 5. The van der Waals surface area contributed by atoms with Gasteiger partial charge in [0.2, 0.25) is 0 Å². The first-order valence-electron chi connectivity index (χ1n) is 7.55. The van der Waals surface area contributed by atoms with Crippen LogP contribution < -0.4 is 4.72 Å². The molecule has 1 heterocycles. The van der Waals surface area contributed by atoms with E-state index in [-0.39, 0.29) is 18.2 Å². The number of benzene rings is 1. The van der Waals surface area contributed by atoms with Gasteiger partial charge < -0.3 is 4.74 Å². The average molecular weight is 361 g/mol. The summed E-state index contributed by atoms with van der Waals surface area (Å²) < 4.78 is 46.2. The largest absolute Gasteiger partial charge is 0.373 e. The molecule has 1 aromatic carbocycles. The van der Waals surface area contributed by atoms with Crippen LogP contribution in [0.2, 0.25) is 0 Å². The zero-order valence-electron chi connectivity index (χ0n) is 13.9. The first-order chi connectivity index (χ1) is 10.7. The van der Waals surface area contributed by atoms with Crippen LogP contribution in [0, 0.1) is 0 Å². The topological polar surface area (TPSA) is 75.7 Å². The van der Waals surface area contributed by atoms with Crippen molar-refractivity contribution in [3.63, 3.8) is 0 Å². The molecule has 23 heavy (non-hydrogen) atoms. The average Bonchev–Trinajstić information content (AvgIpc) is 2.46. The van der Waals surface area contributed by atoms with Gasteiger partial charge in [0, 0.05) is 41.1 Å². The fraction of sp³-hybridized carbons (Fsp3) is 0.600. The van der Waals surface area contributed by atoms with Crippen LogP contribution in [0.3, 0.4) is 0 Å². The van der Waals surface area contributed by atoms with E-state index < -0.39 is 21.0 Å². The van der Waals surface area contributed by atoms with E-state index in [2.05, 4.69) is 4.72 Å². The van der Waals surface area contributed by atoms with Gasteiger partial charge in [0.05, 0.1) is 12.2 Å². The molecule has 1 aliphatic rings. The van der Waals surface area contributed by atoms with Gasteiger partial charge in [-0.25, -0.2) is 0 Å². The molecular formula is C15H24N2O4S2. The Labute approximate surface area is 140 Å². The van der Waals surface area contributed by atoms with Crippen LogP contribution in [0.5, 0.6) is 0 Å². The molecule has 0 radical (unpaired) electrons. The van der Waals surface area contributed by atoms with E-state index in [1.165, 1.54) is 4.31 Å². The fourth-order valence-electron chi connectivity index (χ4n) is 2.64. The lowest BCUT2D eigenvalue weighted by molar-refractivity contribution is -0.0444. The second-order valence-electron chi connectivity index (χ2n) is 5.94. The second-order valence-corrected chi connectivity index (χ2v) is 9.02. The summed E-state index contributed by atoms with van der Waals surface area (Å²) in [7, 11) is -4.62. The molecule has 0 amide bonds. The van der Waals surface area contributed by atoms with Crippen molar-refractivity contribution in [3.05, 3.63) is 29.8 Å². The number of hydrogen-bond acceptors (Lipinski definition) is 4. The summed E-state index contributed by atoms with van der Waals surface area (Å²) in [4.78, 5) is 0.722. The summed E-state index contributed by atoms with van der Waals surface area (Å²) in [6.45, 7) is 6.22. The normalized spacial score (nSPS) is 25.9. The van der Waals surface area contributed by atoms with Crippen molar-refractivity contribution in [2.24, 2.45) is 0 Å². The molecule has 6 nitrogen and oxygen atoms in total. The maximum Gasteiger partial charge on any atom is 0.280 e. The summed E-state index contributed by atoms with van der Waals surface area (Å²) >= 11 is 0. The smallest absolute Gasteiger partial charge is 0.280 e. The van der Waals surface area contributed by atoms with E-state index >= 15 is 0 Å². The van der Waals surface area contributed by atoms with Gasteiger partial charge in [0.15, 0.2) is 0 Å². The highest BCUT2D eigenvalue weighted by molar-refractivity contribution is 7.87. The van der Waals surface area contributed by atoms with Crippen LogP contribution in [-0.4, -0.2) is 48.5 Å². The van der Waals surface area contributed by atoms with Crippen molar-refractivity contribution in [2.75, 3.05) is 19.3 Å². The third-order valence-corrected chi connectivity index (χ3v) is 6.33. The number of ether oxygens (including phenoxy) is 1. The molecule has 8 heteroatoms. The summed E-state index contributed by atoms with van der Waals surface area (Å²) in [6, 6.07) is 6.75. The number of morpholine rings is 1. The zero-order chi connectivity index (χ0) is 17.2. The van der Waals surface area contributed by atoms with Crippen LogP contribution in [0.4, 0.5) is 0 Å². The molecule has 130 valence electrons. The van der Waals surface area contributed by atoms with Gasteiger partial charge in [-0.05, 0) is 38.5 Å². The van der Waals surface area contributed by atoms with Gasteiger partial charge in [-0.3, -0.25) is 4.21 Å². The molecule has 4 unspecified atom stereocenters. The number of nitrogens with one attached hydrogen (secondary N) is 1. The van der Waals surface area contributed by atoms with Crippen molar-refractivity contribution < 1.29 is 17.4 Å². The van der Waals surface area contributed by atoms with Crippen molar-refractivity contribution in [1.29, 1.82) is 0 Å².